The molecule has 0 saturated carbocycles. The van der Waals surface area contributed by atoms with E-state index in [1.807, 2.05) is 6.07 Å². The van der Waals surface area contributed by atoms with E-state index in [4.69, 9.17) is 9.73 Å². The van der Waals surface area contributed by atoms with E-state index in [-0.39, 0.29) is 28.4 Å². The first-order valence-electron chi connectivity index (χ1n) is 11.0. The average Bonchev–Trinajstić information content (AvgIpc) is 3.02. The number of nitro groups is 1. The molecule has 7 heteroatoms. The molecule has 1 heterocycles. The largest absolute Gasteiger partial charge is 0.371 e. The second kappa shape index (κ2) is 9.27. The van der Waals surface area contributed by atoms with E-state index in [2.05, 4.69) is 46.4 Å². The number of benzene rings is 1. The van der Waals surface area contributed by atoms with E-state index in [1.165, 1.54) is 0 Å². The Balaban J connectivity index is 1.95. The van der Waals surface area contributed by atoms with Gasteiger partial charge < -0.3 is 9.64 Å². The maximum absolute atomic E-state index is 11.5. The number of nitrogens with zero attached hydrogens (tertiary/aromatic N) is 3. The highest BCUT2D eigenvalue weighted by Crippen LogP contribution is 2.38. The van der Waals surface area contributed by atoms with E-state index in [0.29, 0.717) is 5.92 Å². The monoisotopic (exact) mass is 433 g/mol. The lowest BCUT2D eigenvalue weighted by Crippen LogP contribution is -2.46. The van der Waals surface area contributed by atoms with E-state index in [9.17, 15) is 10.1 Å². The Morgan fingerprint density at radius 2 is 1.90 bits per heavy atom. The molecule has 0 spiro atoms. The van der Waals surface area contributed by atoms with Crippen LogP contribution in [-0.2, 0) is 17.6 Å². The van der Waals surface area contributed by atoms with Gasteiger partial charge in [-0.15, -0.1) is 0 Å². The van der Waals surface area contributed by atoms with Gasteiger partial charge in [0.2, 0.25) is 0 Å². The second-order valence-electron chi connectivity index (χ2n) is 9.78. The van der Waals surface area contributed by atoms with Crippen LogP contribution >= 0.6 is 11.8 Å². The van der Waals surface area contributed by atoms with E-state index < -0.39 is 0 Å². The van der Waals surface area contributed by atoms with Crippen molar-refractivity contribution in [3.63, 3.8) is 0 Å². The van der Waals surface area contributed by atoms with Crippen LogP contribution in [0.3, 0.4) is 0 Å². The molecule has 1 unspecified atom stereocenters. The maximum Gasteiger partial charge on any atom is 0.273 e. The van der Waals surface area contributed by atoms with Crippen molar-refractivity contribution in [1.29, 1.82) is 0 Å². The van der Waals surface area contributed by atoms with Crippen molar-refractivity contribution in [3.05, 3.63) is 33.4 Å². The zero-order valence-electron chi connectivity index (χ0n) is 19.1. The molecule has 6 nitrogen and oxygen atoms in total. The Hall–Kier alpha value is -1.60. The molecule has 0 bridgehead atoms. The zero-order chi connectivity index (χ0) is 22.1. The van der Waals surface area contributed by atoms with Crippen LogP contribution in [0.2, 0.25) is 0 Å². The van der Waals surface area contributed by atoms with Crippen LogP contribution in [0.5, 0.6) is 0 Å². The number of nitro benzene ring substituents is 1. The first-order chi connectivity index (χ1) is 14.1. The molecule has 0 amide bonds. The Labute approximate surface area is 184 Å². The van der Waals surface area contributed by atoms with Crippen LogP contribution in [-0.4, -0.2) is 45.0 Å². The summed E-state index contributed by atoms with van der Waals surface area (Å²) in [6, 6.07) is 3.74. The van der Waals surface area contributed by atoms with Crippen molar-refractivity contribution in [2.24, 2.45) is 10.9 Å². The Morgan fingerprint density at radius 1 is 1.23 bits per heavy atom. The number of hydrogen-bond donors (Lipinski definition) is 0. The molecule has 0 N–H and O–H groups in total. The normalized spacial score (nSPS) is 21.9. The number of rotatable bonds is 6. The van der Waals surface area contributed by atoms with Gasteiger partial charge in [0.25, 0.3) is 5.69 Å². The smallest absolute Gasteiger partial charge is 0.273 e. The average molecular weight is 434 g/mol. The second-order valence-corrected chi connectivity index (χ2v) is 10.8. The summed E-state index contributed by atoms with van der Waals surface area (Å²) in [7, 11) is 0. The lowest BCUT2D eigenvalue weighted by atomic mass is 9.89. The highest BCUT2D eigenvalue weighted by Gasteiger charge is 2.36. The third-order valence-electron chi connectivity index (χ3n) is 5.57. The molecule has 1 saturated heterocycles. The van der Waals surface area contributed by atoms with Crippen molar-refractivity contribution in [1.82, 2.24) is 4.90 Å². The summed E-state index contributed by atoms with van der Waals surface area (Å²) in [6.45, 7) is 13.8. The molecule has 2 atom stereocenters. The van der Waals surface area contributed by atoms with Gasteiger partial charge in [0.1, 0.15) is 0 Å². The number of hydrogen-bond acceptors (Lipinski definition) is 5. The standard InChI is InChI=1S/C23H35N3O3S/c1-15(2)13-25-21(16(3)29-23(4,5)6)14-30-22(25)24-19-11-12-20(26(27)28)18-10-8-7-9-17(18)19/h11-12,15-16,21H,7-10,13-14H2,1-6H3/t16?,21-/m1/s1. The summed E-state index contributed by atoms with van der Waals surface area (Å²) < 4.78 is 6.28. The number of thioether (sulfide) groups is 1. The van der Waals surface area contributed by atoms with E-state index >= 15 is 0 Å². The summed E-state index contributed by atoms with van der Waals surface area (Å²) in [5, 5.41) is 12.5. The fraction of sp³-hybridized carbons (Fsp3) is 0.696. The fourth-order valence-electron chi connectivity index (χ4n) is 4.41. The summed E-state index contributed by atoms with van der Waals surface area (Å²) in [5.41, 5.74) is 2.90. The zero-order valence-corrected chi connectivity index (χ0v) is 19.9. The number of amidine groups is 1. The molecule has 3 rings (SSSR count). The first-order valence-corrected chi connectivity index (χ1v) is 12.0. The van der Waals surface area contributed by atoms with Gasteiger partial charge in [-0.25, -0.2) is 4.99 Å². The predicted molar refractivity (Wildman–Crippen MR) is 125 cm³/mol. The molecule has 166 valence electrons. The minimum absolute atomic E-state index is 0.0923. The van der Waals surface area contributed by atoms with Gasteiger partial charge in [-0.3, -0.25) is 10.1 Å². The molecule has 1 fully saturated rings. The molecule has 0 radical (unpaired) electrons. The van der Waals surface area contributed by atoms with Gasteiger partial charge in [0.05, 0.1) is 28.4 Å². The molecule has 1 aromatic carbocycles. The third-order valence-corrected chi connectivity index (χ3v) is 6.66. The Bertz CT molecular complexity index is 817. The van der Waals surface area contributed by atoms with Gasteiger partial charge in [-0.2, -0.15) is 0 Å². The van der Waals surface area contributed by atoms with Crippen molar-refractivity contribution in [2.45, 2.75) is 85.0 Å². The van der Waals surface area contributed by atoms with Crippen LogP contribution in [0, 0.1) is 16.0 Å². The van der Waals surface area contributed by atoms with Crippen LogP contribution in [0.1, 0.15) is 65.5 Å². The quantitative estimate of drug-likeness (QED) is 0.423. The maximum atomic E-state index is 11.5. The van der Waals surface area contributed by atoms with E-state index in [1.54, 1.807) is 17.8 Å². The predicted octanol–water partition coefficient (Wildman–Crippen LogP) is 5.74. The summed E-state index contributed by atoms with van der Waals surface area (Å²) in [4.78, 5) is 18.7. The van der Waals surface area contributed by atoms with Gasteiger partial charge in [-0.1, -0.05) is 25.6 Å². The van der Waals surface area contributed by atoms with Gasteiger partial charge in [-0.05, 0) is 70.9 Å². The molecule has 0 aromatic heterocycles. The first kappa shape index (κ1) is 23.1. The van der Waals surface area contributed by atoms with Crippen molar-refractivity contribution in [2.75, 3.05) is 12.3 Å². The summed E-state index contributed by atoms with van der Waals surface area (Å²) in [5.74, 6) is 1.45. The van der Waals surface area contributed by atoms with E-state index in [0.717, 1.165) is 60.0 Å². The highest BCUT2D eigenvalue weighted by atomic mass is 32.2. The van der Waals surface area contributed by atoms with Crippen LogP contribution in [0.15, 0.2) is 17.1 Å². The number of fused-ring (bicyclic) bond motifs is 1. The van der Waals surface area contributed by atoms with Crippen LogP contribution < -0.4 is 0 Å². The molecular weight excluding hydrogens is 398 g/mol. The van der Waals surface area contributed by atoms with Gasteiger partial charge in [0.15, 0.2) is 5.17 Å². The third kappa shape index (κ3) is 5.35. The molecule has 1 aliphatic heterocycles. The minimum Gasteiger partial charge on any atom is -0.371 e. The Morgan fingerprint density at radius 3 is 2.50 bits per heavy atom. The summed E-state index contributed by atoms with van der Waals surface area (Å²) in [6.07, 6.45) is 3.80. The van der Waals surface area contributed by atoms with Crippen LogP contribution in [0.4, 0.5) is 11.4 Å². The molecule has 2 aliphatic rings. The van der Waals surface area contributed by atoms with Crippen LogP contribution in [0.25, 0.3) is 0 Å². The minimum atomic E-state index is -0.252. The highest BCUT2D eigenvalue weighted by molar-refractivity contribution is 8.14. The molecule has 1 aliphatic carbocycles. The lowest BCUT2D eigenvalue weighted by molar-refractivity contribution is -0.385. The lowest BCUT2D eigenvalue weighted by Gasteiger charge is -2.35. The number of ether oxygens (including phenoxy) is 1. The summed E-state index contributed by atoms with van der Waals surface area (Å²) >= 11 is 1.77. The van der Waals surface area contributed by atoms with Crippen molar-refractivity contribution < 1.29 is 9.66 Å². The SMILES string of the molecule is CC(C)CN1C(=Nc2ccc([N+](=O)[O-])c3c2CCCC3)SC[C@@H]1C(C)OC(C)(C)C. The van der Waals surface area contributed by atoms with Gasteiger partial charge >= 0.3 is 0 Å². The molecule has 1 aromatic rings. The topological polar surface area (TPSA) is 68.0 Å². The fourth-order valence-corrected chi connectivity index (χ4v) is 5.72. The van der Waals surface area contributed by atoms with Crippen molar-refractivity contribution in [3.8, 4) is 0 Å². The molecule has 30 heavy (non-hydrogen) atoms. The number of aliphatic imine (C=N–C) groups is 1. The molecular formula is C23H35N3O3S. The van der Waals surface area contributed by atoms with Crippen molar-refractivity contribution >= 4 is 28.3 Å². The van der Waals surface area contributed by atoms with Gasteiger partial charge in [0, 0.05) is 23.9 Å². The Kier molecular flexibility index (Phi) is 7.13.